The van der Waals surface area contributed by atoms with Crippen molar-refractivity contribution in [3.05, 3.63) is 109 Å². The smallest absolute Gasteiger partial charge is 0.500 e. The highest BCUT2D eigenvalue weighted by Gasteiger charge is 2.40. The van der Waals surface area contributed by atoms with E-state index in [-0.39, 0.29) is 17.2 Å². The second kappa shape index (κ2) is 24.3. The van der Waals surface area contributed by atoms with Gasteiger partial charge in [-0.3, -0.25) is 0 Å². The second-order valence-corrected chi connectivity index (χ2v) is 20.9. The number of hydrogen-bond acceptors (Lipinski definition) is 12. The van der Waals surface area contributed by atoms with E-state index >= 15 is 0 Å². The topological polar surface area (TPSA) is 169 Å². The van der Waals surface area contributed by atoms with E-state index < -0.39 is 17.6 Å². The summed E-state index contributed by atoms with van der Waals surface area (Å²) >= 11 is 0. The number of nitrogens with one attached hydrogen (secondary N) is 3. The molecule has 5 aromatic carbocycles. The third-order valence-corrected chi connectivity index (χ3v) is 17.2. The van der Waals surface area contributed by atoms with Gasteiger partial charge < -0.3 is 57.5 Å². The van der Waals surface area contributed by atoms with E-state index in [0.717, 1.165) is 35.3 Å². The zero-order valence-electron chi connectivity index (χ0n) is 39.1. The van der Waals surface area contributed by atoms with E-state index in [1.54, 1.807) is 12.1 Å². The van der Waals surface area contributed by atoms with Crippen LogP contribution in [0.3, 0.4) is 0 Å². The standard InChI is InChI=1S/C51H66N4O9Si2/c1-7-59-65(60-8-2,61-9-3)31-19-29-52-40-25-27-42(46(56)35-40)48-49(43-28-26-41(36-47(43)57)53-30-20-32-66(62-10-4,63-11-5)64-12-6)55-51(54-48)39-33-44(37-21-15-13-16-22-37)50(58)45(34-39)38-23-17-14-18-24-38/h13-18,21-28,33-36,52-53,56-58H,7-12,19-20,29-32H2,1-6H3,(H,54,55). The maximum Gasteiger partial charge on any atom is 0.500 e. The Balaban J connectivity index is 1.35. The number of aromatic hydroxyl groups is 3. The summed E-state index contributed by atoms with van der Waals surface area (Å²) in [6.45, 7) is 16.0. The molecule has 352 valence electrons. The number of phenolic OH excluding ortho intramolecular Hbond substituents is 3. The molecule has 66 heavy (non-hydrogen) atoms. The number of nitrogens with zero attached hydrogens (tertiary/aromatic N) is 1. The Morgan fingerprint density at radius 3 is 1.29 bits per heavy atom. The summed E-state index contributed by atoms with van der Waals surface area (Å²) in [7, 11) is -5.59. The minimum Gasteiger partial charge on any atom is -0.507 e. The van der Waals surface area contributed by atoms with Crippen LogP contribution < -0.4 is 10.6 Å². The molecule has 0 aliphatic rings. The predicted octanol–water partition coefficient (Wildman–Crippen LogP) is 11.6. The molecule has 0 aliphatic heterocycles. The van der Waals surface area contributed by atoms with Crippen LogP contribution in [0.5, 0.6) is 17.2 Å². The number of anilines is 2. The molecular weight excluding hydrogens is 869 g/mol. The van der Waals surface area contributed by atoms with Crippen molar-refractivity contribution in [3.8, 4) is 73.4 Å². The number of benzene rings is 5. The van der Waals surface area contributed by atoms with Crippen LogP contribution in [-0.2, 0) is 26.6 Å². The molecule has 0 amide bonds. The van der Waals surface area contributed by atoms with Gasteiger partial charge in [-0.2, -0.15) is 0 Å². The fourth-order valence-corrected chi connectivity index (χ4v) is 13.3. The van der Waals surface area contributed by atoms with Gasteiger partial charge in [0.15, 0.2) is 0 Å². The minimum atomic E-state index is -2.80. The molecule has 0 fully saturated rings. The van der Waals surface area contributed by atoms with Gasteiger partial charge in [0.2, 0.25) is 0 Å². The lowest BCUT2D eigenvalue weighted by Crippen LogP contribution is -2.46. The molecule has 6 N–H and O–H groups in total. The van der Waals surface area contributed by atoms with Crippen molar-refractivity contribution in [2.45, 2.75) is 66.5 Å². The van der Waals surface area contributed by atoms with E-state index in [0.29, 0.717) is 110 Å². The first-order chi connectivity index (χ1) is 32.1. The van der Waals surface area contributed by atoms with E-state index in [1.807, 2.05) is 139 Å². The van der Waals surface area contributed by atoms with Crippen LogP contribution in [0.4, 0.5) is 11.4 Å². The Hall–Kier alpha value is -5.50. The van der Waals surface area contributed by atoms with Crippen LogP contribution in [0.2, 0.25) is 12.1 Å². The van der Waals surface area contributed by atoms with Gasteiger partial charge in [0.05, 0.1) is 5.69 Å². The van der Waals surface area contributed by atoms with Crippen molar-refractivity contribution in [2.75, 3.05) is 63.4 Å². The lowest BCUT2D eigenvalue weighted by Gasteiger charge is -2.28. The summed E-state index contributed by atoms with van der Waals surface area (Å²) in [6.07, 6.45) is 1.48. The van der Waals surface area contributed by atoms with Gasteiger partial charge in [-0.25, -0.2) is 4.98 Å². The highest BCUT2D eigenvalue weighted by molar-refractivity contribution is 6.61. The Morgan fingerprint density at radius 1 is 0.485 bits per heavy atom. The maximum absolute atomic E-state index is 11.7. The fraction of sp³-hybridized carbons (Fsp3) is 0.353. The summed E-state index contributed by atoms with van der Waals surface area (Å²) in [4.78, 5) is 8.67. The van der Waals surface area contributed by atoms with Gasteiger partial charge in [-0.1, -0.05) is 60.7 Å². The molecule has 0 radical (unpaired) electrons. The number of rotatable bonds is 27. The van der Waals surface area contributed by atoms with Crippen molar-refractivity contribution in [2.24, 2.45) is 0 Å². The van der Waals surface area contributed by atoms with Crippen molar-refractivity contribution in [1.82, 2.24) is 9.97 Å². The average molecular weight is 935 g/mol. The van der Waals surface area contributed by atoms with Crippen molar-refractivity contribution >= 4 is 29.0 Å². The molecule has 0 unspecified atom stereocenters. The summed E-state index contributed by atoms with van der Waals surface area (Å²) in [5.41, 5.74) is 7.00. The summed E-state index contributed by atoms with van der Waals surface area (Å²) in [5, 5.41) is 42.1. The molecule has 0 atom stereocenters. The number of hydrogen-bond donors (Lipinski definition) is 6. The molecule has 1 heterocycles. The molecule has 0 aliphatic carbocycles. The molecule has 6 aromatic rings. The molecule has 1 aromatic heterocycles. The third-order valence-electron chi connectivity index (χ3n) is 10.9. The summed E-state index contributed by atoms with van der Waals surface area (Å²) in [5.74, 6) is 0.647. The third kappa shape index (κ3) is 12.5. The lowest BCUT2D eigenvalue weighted by atomic mass is 9.94. The largest absolute Gasteiger partial charge is 0.507 e. The first-order valence-electron chi connectivity index (χ1n) is 23.2. The van der Waals surface area contributed by atoms with Gasteiger partial charge >= 0.3 is 17.6 Å². The molecule has 15 heteroatoms. The zero-order valence-corrected chi connectivity index (χ0v) is 41.1. The number of H-pyrrole nitrogens is 1. The normalized spacial score (nSPS) is 11.8. The van der Waals surface area contributed by atoms with Crippen molar-refractivity contribution in [3.63, 3.8) is 0 Å². The number of aromatic amines is 1. The Bertz CT molecular complexity index is 2240. The fourth-order valence-electron chi connectivity index (χ4n) is 8.12. The molecule has 6 rings (SSSR count). The first kappa shape index (κ1) is 49.9. The summed E-state index contributed by atoms with van der Waals surface area (Å²) < 4.78 is 36.2. The van der Waals surface area contributed by atoms with Crippen LogP contribution in [-0.4, -0.2) is 95.6 Å². The highest BCUT2D eigenvalue weighted by atomic mass is 28.4. The van der Waals surface area contributed by atoms with Crippen LogP contribution in [0, 0.1) is 0 Å². The van der Waals surface area contributed by atoms with Crippen LogP contribution >= 0.6 is 0 Å². The highest BCUT2D eigenvalue weighted by Crippen LogP contribution is 2.45. The van der Waals surface area contributed by atoms with Crippen molar-refractivity contribution < 1.29 is 41.9 Å². The van der Waals surface area contributed by atoms with Gasteiger partial charge in [-0.15, -0.1) is 0 Å². The number of imidazole rings is 1. The minimum absolute atomic E-state index is 0.00480. The predicted molar refractivity (Wildman–Crippen MR) is 268 cm³/mol. The monoisotopic (exact) mass is 934 g/mol. The number of phenols is 3. The SMILES string of the molecule is CCO[Si](CCCNc1ccc(-c2nc(-c3cc(-c4ccccc4)c(O)c(-c4ccccc4)c3)[nH]c2-c2ccc(NCCC[Si](OCC)(OCC)OCC)cc2O)c(O)c1)(OCC)OCC. The van der Waals surface area contributed by atoms with Gasteiger partial charge in [0.25, 0.3) is 0 Å². The van der Waals surface area contributed by atoms with E-state index in [1.165, 1.54) is 0 Å². The van der Waals surface area contributed by atoms with Crippen LogP contribution in [0.25, 0.3) is 56.2 Å². The molecular formula is C51H66N4O9Si2. The number of aromatic nitrogens is 2. The zero-order chi connectivity index (χ0) is 46.9. The van der Waals surface area contributed by atoms with Gasteiger partial charge in [0, 0.05) is 116 Å². The van der Waals surface area contributed by atoms with Gasteiger partial charge in [-0.05, 0) is 102 Å². The van der Waals surface area contributed by atoms with E-state index in [9.17, 15) is 15.3 Å². The van der Waals surface area contributed by atoms with Crippen LogP contribution in [0.1, 0.15) is 54.4 Å². The second-order valence-electron chi connectivity index (χ2n) is 15.4. The Labute approximate surface area is 391 Å². The Kier molecular flexibility index (Phi) is 18.4. The van der Waals surface area contributed by atoms with E-state index in [2.05, 4.69) is 15.6 Å². The molecule has 13 nitrogen and oxygen atoms in total. The first-order valence-corrected chi connectivity index (χ1v) is 27.0. The van der Waals surface area contributed by atoms with Gasteiger partial charge in [0.1, 0.15) is 28.8 Å². The Morgan fingerprint density at radius 2 is 0.894 bits per heavy atom. The quantitative estimate of drug-likeness (QED) is 0.0214. The summed E-state index contributed by atoms with van der Waals surface area (Å²) in [6, 6.07) is 35.4. The van der Waals surface area contributed by atoms with Crippen molar-refractivity contribution in [1.29, 1.82) is 0 Å². The molecule has 0 saturated heterocycles. The average Bonchev–Trinajstić information content (AvgIpc) is 3.75. The van der Waals surface area contributed by atoms with Crippen LogP contribution in [0.15, 0.2) is 109 Å². The molecule has 0 bridgehead atoms. The molecule has 0 saturated carbocycles. The lowest BCUT2D eigenvalue weighted by molar-refractivity contribution is 0.0702. The molecule has 0 spiro atoms. The maximum atomic E-state index is 11.7. The van der Waals surface area contributed by atoms with E-state index in [4.69, 9.17) is 31.5 Å².